The molecule has 0 unspecified atom stereocenters. The molecule has 1 aromatic carbocycles. The Morgan fingerprint density at radius 3 is 2.79 bits per heavy atom. The second kappa shape index (κ2) is 6.88. The summed E-state index contributed by atoms with van der Waals surface area (Å²) in [5.74, 6) is 0.140. The standard InChI is InChI=1S/C16H20N4O3S/c1-10(2)9-17-14(24)19-20-13(21)16(3,18-15(20)22)11-6-5-7-12(8-11)23-4/h5-8H,1,9H2,2-4H3,(H,18,22)(H2,17,19,24)/t16-/m1/s1. The number of ether oxygens (including phenoxy) is 1. The molecule has 128 valence electrons. The maximum absolute atomic E-state index is 12.7. The van der Waals surface area contributed by atoms with Gasteiger partial charge in [-0.25, -0.2) is 4.79 Å². The van der Waals surface area contributed by atoms with Gasteiger partial charge in [0.25, 0.3) is 5.91 Å². The zero-order valence-electron chi connectivity index (χ0n) is 13.8. The number of carbonyl (C=O) groups excluding carboxylic acids is 2. The molecule has 1 aromatic rings. The van der Waals surface area contributed by atoms with Gasteiger partial charge < -0.3 is 15.4 Å². The number of methoxy groups -OCH3 is 1. The highest BCUT2D eigenvalue weighted by molar-refractivity contribution is 7.80. The Morgan fingerprint density at radius 1 is 1.46 bits per heavy atom. The highest BCUT2D eigenvalue weighted by Gasteiger charge is 2.49. The van der Waals surface area contributed by atoms with E-state index in [1.807, 2.05) is 6.92 Å². The summed E-state index contributed by atoms with van der Waals surface area (Å²) in [7, 11) is 1.54. The van der Waals surface area contributed by atoms with Crippen LogP contribution in [0.25, 0.3) is 0 Å². The number of nitrogens with zero attached hydrogens (tertiary/aromatic N) is 1. The molecule has 8 heteroatoms. The second-order valence-corrected chi connectivity index (χ2v) is 6.09. The predicted octanol–water partition coefficient (Wildman–Crippen LogP) is 1.42. The fraction of sp³-hybridized carbons (Fsp3) is 0.312. The average molecular weight is 348 g/mol. The van der Waals surface area contributed by atoms with E-state index in [0.29, 0.717) is 17.9 Å². The molecule has 1 saturated heterocycles. The van der Waals surface area contributed by atoms with Gasteiger partial charge in [-0.05, 0) is 43.8 Å². The van der Waals surface area contributed by atoms with Crippen molar-refractivity contribution >= 4 is 29.3 Å². The number of hydrogen-bond donors (Lipinski definition) is 3. The van der Waals surface area contributed by atoms with Gasteiger partial charge in [0.1, 0.15) is 11.3 Å². The van der Waals surface area contributed by atoms with E-state index < -0.39 is 17.5 Å². The van der Waals surface area contributed by atoms with Gasteiger partial charge >= 0.3 is 6.03 Å². The van der Waals surface area contributed by atoms with Crippen LogP contribution < -0.4 is 20.8 Å². The number of nitrogens with one attached hydrogen (secondary N) is 3. The van der Waals surface area contributed by atoms with Crippen molar-refractivity contribution in [3.63, 3.8) is 0 Å². The summed E-state index contributed by atoms with van der Waals surface area (Å²) in [4.78, 5) is 24.9. The van der Waals surface area contributed by atoms with Gasteiger partial charge in [-0.2, -0.15) is 5.01 Å². The molecule has 1 aliphatic rings. The lowest BCUT2D eigenvalue weighted by molar-refractivity contribution is -0.132. The van der Waals surface area contributed by atoms with E-state index in [-0.39, 0.29) is 5.11 Å². The number of imide groups is 1. The minimum Gasteiger partial charge on any atom is -0.497 e. The highest BCUT2D eigenvalue weighted by atomic mass is 32.1. The van der Waals surface area contributed by atoms with Gasteiger partial charge in [-0.3, -0.25) is 10.2 Å². The minimum atomic E-state index is -1.21. The molecule has 3 N–H and O–H groups in total. The summed E-state index contributed by atoms with van der Waals surface area (Å²) in [6, 6.07) is 6.40. The van der Waals surface area contributed by atoms with Crippen LogP contribution in [0, 0.1) is 0 Å². The highest BCUT2D eigenvalue weighted by Crippen LogP contribution is 2.30. The smallest absolute Gasteiger partial charge is 0.344 e. The van der Waals surface area contributed by atoms with Crippen molar-refractivity contribution in [2.75, 3.05) is 13.7 Å². The summed E-state index contributed by atoms with van der Waals surface area (Å²) in [5.41, 5.74) is 2.89. The molecule has 1 fully saturated rings. The summed E-state index contributed by atoms with van der Waals surface area (Å²) in [6.45, 7) is 7.66. The molecular formula is C16H20N4O3S. The molecule has 1 atom stereocenters. The number of hydrazine groups is 1. The van der Waals surface area contributed by atoms with Crippen molar-refractivity contribution in [3.05, 3.63) is 42.0 Å². The van der Waals surface area contributed by atoms with Gasteiger partial charge in [-0.15, -0.1) is 0 Å². The third-order valence-electron chi connectivity index (χ3n) is 3.60. The van der Waals surface area contributed by atoms with Crippen molar-refractivity contribution in [2.24, 2.45) is 0 Å². The van der Waals surface area contributed by atoms with Crippen LogP contribution in [0.15, 0.2) is 36.4 Å². The first-order valence-corrected chi connectivity index (χ1v) is 7.69. The van der Waals surface area contributed by atoms with E-state index in [1.54, 1.807) is 31.2 Å². The van der Waals surface area contributed by atoms with Gasteiger partial charge in [0.15, 0.2) is 5.11 Å². The molecule has 1 heterocycles. The molecule has 0 spiro atoms. The van der Waals surface area contributed by atoms with Gasteiger partial charge in [0.2, 0.25) is 0 Å². The fourth-order valence-corrected chi connectivity index (χ4v) is 2.41. The van der Waals surface area contributed by atoms with Crippen LogP contribution >= 0.6 is 12.2 Å². The quantitative estimate of drug-likeness (QED) is 0.424. The molecule has 7 nitrogen and oxygen atoms in total. The zero-order valence-corrected chi connectivity index (χ0v) is 14.6. The van der Waals surface area contributed by atoms with Crippen LogP contribution in [0.2, 0.25) is 0 Å². The van der Waals surface area contributed by atoms with Crippen LogP contribution in [0.4, 0.5) is 4.79 Å². The Hall–Kier alpha value is -2.61. The molecule has 0 radical (unpaired) electrons. The van der Waals surface area contributed by atoms with Gasteiger partial charge in [0.05, 0.1) is 7.11 Å². The Labute approximate surface area is 146 Å². The molecule has 0 bridgehead atoms. The van der Waals surface area contributed by atoms with Gasteiger partial charge in [0, 0.05) is 6.54 Å². The van der Waals surface area contributed by atoms with E-state index in [9.17, 15) is 9.59 Å². The Morgan fingerprint density at radius 2 is 2.17 bits per heavy atom. The normalized spacial score (nSPS) is 19.7. The second-order valence-electron chi connectivity index (χ2n) is 5.68. The SMILES string of the molecule is C=C(C)CNC(=S)NN1C(=O)N[C@](C)(c2cccc(OC)c2)C1=O. The average Bonchev–Trinajstić information content (AvgIpc) is 2.77. The van der Waals surface area contributed by atoms with Crippen molar-refractivity contribution in [1.82, 2.24) is 21.1 Å². The Balaban J connectivity index is 2.18. The fourth-order valence-electron chi connectivity index (χ4n) is 2.24. The van der Waals surface area contributed by atoms with E-state index >= 15 is 0 Å². The first-order valence-electron chi connectivity index (χ1n) is 7.28. The number of carbonyl (C=O) groups is 2. The molecule has 24 heavy (non-hydrogen) atoms. The topological polar surface area (TPSA) is 82.7 Å². The predicted molar refractivity (Wildman–Crippen MR) is 94.3 cm³/mol. The third-order valence-corrected chi connectivity index (χ3v) is 3.84. The van der Waals surface area contributed by atoms with Crippen LogP contribution in [0.1, 0.15) is 19.4 Å². The van der Waals surface area contributed by atoms with E-state index in [0.717, 1.165) is 10.6 Å². The number of urea groups is 1. The lowest BCUT2D eigenvalue weighted by Gasteiger charge is -2.23. The largest absolute Gasteiger partial charge is 0.497 e. The van der Waals surface area contributed by atoms with Crippen molar-refractivity contribution in [2.45, 2.75) is 19.4 Å². The lowest BCUT2D eigenvalue weighted by Crippen LogP contribution is -2.51. The van der Waals surface area contributed by atoms with Gasteiger partial charge in [-0.1, -0.05) is 24.3 Å². The van der Waals surface area contributed by atoms with Crippen molar-refractivity contribution < 1.29 is 14.3 Å². The maximum atomic E-state index is 12.7. The maximum Gasteiger partial charge on any atom is 0.344 e. The van der Waals surface area contributed by atoms with Crippen LogP contribution in [0.3, 0.4) is 0 Å². The molecule has 0 saturated carbocycles. The molecule has 2 rings (SSSR count). The number of hydrogen-bond acceptors (Lipinski definition) is 4. The van der Waals surface area contributed by atoms with E-state index in [4.69, 9.17) is 17.0 Å². The number of thiocarbonyl (C=S) groups is 1. The zero-order chi connectivity index (χ0) is 17.9. The summed E-state index contributed by atoms with van der Waals surface area (Å²) in [5, 5.41) is 6.58. The summed E-state index contributed by atoms with van der Waals surface area (Å²) < 4.78 is 5.17. The molecule has 0 aliphatic carbocycles. The first-order chi connectivity index (χ1) is 11.3. The van der Waals surface area contributed by atoms with Crippen LogP contribution in [0.5, 0.6) is 5.75 Å². The number of benzene rings is 1. The monoisotopic (exact) mass is 348 g/mol. The molecule has 1 aliphatic heterocycles. The Bertz CT molecular complexity index is 706. The van der Waals surface area contributed by atoms with Crippen molar-refractivity contribution in [3.8, 4) is 5.75 Å². The summed E-state index contributed by atoms with van der Waals surface area (Å²) >= 11 is 5.09. The molecular weight excluding hydrogens is 328 g/mol. The number of rotatable bonds is 5. The van der Waals surface area contributed by atoms with Crippen LogP contribution in [-0.4, -0.2) is 35.7 Å². The Kier molecular flexibility index (Phi) is 5.08. The number of amides is 3. The molecule has 0 aromatic heterocycles. The van der Waals surface area contributed by atoms with E-state index in [1.165, 1.54) is 7.11 Å². The lowest BCUT2D eigenvalue weighted by atomic mass is 9.92. The van der Waals surface area contributed by atoms with Crippen molar-refractivity contribution in [1.29, 1.82) is 0 Å². The van der Waals surface area contributed by atoms with Crippen LogP contribution in [-0.2, 0) is 10.3 Å². The third kappa shape index (κ3) is 3.48. The minimum absolute atomic E-state index is 0.163. The summed E-state index contributed by atoms with van der Waals surface area (Å²) in [6.07, 6.45) is 0. The first kappa shape index (κ1) is 17.7. The molecule has 3 amide bonds. The van der Waals surface area contributed by atoms with E-state index in [2.05, 4.69) is 22.6 Å².